The largest absolute Gasteiger partial charge is 0.311 e. The minimum absolute atomic E-state index is 0.0606. The Bertz CT molecular complexity index is 2110. The van der Waals surface area contributed by atoms with Crippen LogP contribution in [0.25, 0.3) is 0 Å². The number of nitrogens with zero attached hydrogens (tertiary/aromatic N) is 2. The van der Waals surface area contributed by atoms with Gasteiger partial charge in [0.05, 0.1) is 0 Å². The predicted molar refractivity (Wildman–Crippen MR) is 232 cm³/mol. The number of aryl methyl sites for hydroxylation is 4. The lowest BCUT2D eigenvalue weighted by Gasteiger charge is -2.29. The molecule has 7 aromatic rings. The molecule has 0 heterocycles. The molecule has 0 spiro atoms. The van der Waals surface area contributed by atoms with E-state index < -0.39 is 0 Å². The first-order valence-electron chi connectivity index (χ1n) is 19.1. The van der Waals surface area contributed by atoms with Crippen molar-refractivity contribution in [3.8, 4) is 0 Å². The fraction of sp³-hybridized carbons (Fsp3) is 0.192. The minimum atomic E-state index is 0.0606. The highest BCUT2D eigenvalue weighted by Crippen LogP contribution is 2.43. The molecule has 0 radical (unpaired) electrons. The molecule has 7 rings (SSSR count). The van der Waals surface area contributed by atoms with Crippen molar-refractivity contribution in [2.75, 3.05) is 9.80 Å². The zero-order valence-electron chi connectivity index (χ0n) is 33.3. The van der Waals surface area contributed by atoms with Gasteiger partial charge < -0.3 is 9.80 Å². The van der Waals surface area contributed by atoms with Crippen LogP contribution in [0.5, 0.6) is 0 Å². The summed E-state index contributed by atoms with van der Waals surface area (Å²) in [5.41, 5.74) is 22.7. The van der Waals surface area contributed by atoms with Gasteiger partial charge in [-0.3, -0.25) is 0 Å². The number of anilines is 6. The standard InChI is InChI=1S/C52H52N2/c1-34-10-22-45(23-11-34)53(46-24-12-35(2)13-25-46)49-30-18-43(19-31-49)52(51-41(8)39(6)38(5)40(7)42(51)9)44-20-32-50(33-21-44)54(47-26-14-36(3)15-27-47)48-28-16-37(4)17-29-48/h10-33,52H,1-9H3. The number of hydrogen-bond donors (Lipinski definition) is 0. The Hall–Kier alpha value is -5.86. The second kappa shape index (κ2) is 15.2. The van der Waals surface area contributed by atoms with Gasteiger partial charge in [0.25, 0.3) is 0 Å². The minimum Gasteiger partial charge on any atom is -0.311 e. The van der Waals surface area contributed by atoms with Gasteiger partial charge in [-0.1, -0.05) is 95.1 Å². The lowest BCUT2D eigenvalue weighted by molar-refractivity contribution is 0.930. The van der Waals surface area contributed by atoms with Crippen molar-refractivity contribution in [2.45, 2.75) is 68.2 Å². The third kappa shape index (κ3) is 7.22. The summed E-state index contributed by atoms with van der Waals surface area (Å²) >= 11 is 0. The van der Waals surface area contributed by atoms with E-state index in [-0.39, 0.29) is 5.92 Å². The molecule has 0 saturated carbocycles. The van der Waals surface area contributed by atoms with Gasteiger partial charge in [0, 0.05) is 40.0 Å². The average Bonchev–Trinajstić information content (AvgIpc) is 3.19. The van der Waals surface area contributed by atoms with Gasteiger partial charge in [0.2, 0.25) is 0 Å². The van der Waals surface area contributed by atoms with Crippen LogP contribution in [-0.2, 0) is 0 Å². The van der Waals surface area contributed by atoms with Gasteiger partial charge in [-0.2, -0.15) is 0 Å². The fourth-order valence-electron chi connectivity index (χ4n) is 7.79. The van der Waals surface area contributed by atoms with Crippen LogP contribution < -0.4 is 9.80 Å². The molecule has 0 aliphatic heterocycles. The summed E-state index contributed by atoms with van der Waals surface area (Å²) in [5.74, 6) is 0.0606. The first-order valence-corrected chi connectivity index (χ1v) is 19.1. The van der Waals surface area contributed by atoms with E-state index in [1.54, 1.807) is 0 Å². The van der Waals surface area contributed by atoms with E-state index in [1.807, 2.05) is 0 Å². The quantitative estimate of drug-likeness (QED) is 0.138. The monoisotopic (exact) mass is 704 g/mol. The van der Waals surface area contributed by atoms with E-state index in [2.05, 4.69) is 218 Å². The Kier molecular flexibility index (Phi) is 10.3. The summed E-state index contributed by atoms with van der Waals surface area (Å²) in [6, 6.07) is 53.8. The van der Waals surface area contributed by atoms with Gasteiger partial charge in [-0.05, 0) is 180 Å². The predicted octanol–water partition coefficient (Wildman–Crippen LogP) is 14.6. The van der Waals surface area contributed by atoms with Crippen LogP contribution in [-0.4, -0.2) is 0 Å². The van der Waals surface area contributed by atoms with Gasteiger partial charge in [-0.15, -0.1) is 0 Å². The van der Waals surface area contributed by atoms with E-state index in [4.69, 9.17) is 0 Å². The maximum atomic E-state index is 2.36. The van der Waals surface area contributed by atoms with Gasteiger partial charge in [0.15, 0.2) is 0 Å². The van der Waals surface area contributed by atoms with Crippen molar-refractivity contribution in [2.24, 2.45) is 0 Å². The van der Waals surface area contributed by atoms with Crippen LogP contribution in [0.3, 0.4) is 0 Å². The van der Waals surface area contributed by atoms with E-state index in [0.29, 0.717) is 0 Å². The van der Waals surface area contributed by atoms with Gasteiger partial charge in [0.1, 0.15) is 0 Å². The molecule has 270 valence electrons. The maximum Gasteiger partial charge on any atom is 0.0461 e. The van der Waals surface area contributed by atoms with Crippen LogP contribution in [0.2, 0.25) is 0 Å². The Morgan fingerprint density at radius 3 is 0.704 bits per heavy atom. The maximum absolute atomic E-state index is 2.36. The first kappa shape index (κ1) is 36.5. The lowest BCUT2D eigenvalue weighted by atomic mass is 9.77. The number of hydrogen-bond acceptors (Lipinski definition) is 2. The number of benzene rings is 7. The summed E-state index contributed by atoms with van der Waals surface area (Å²) in [7, 11) is 0. The molecule has 0 N–H and O–H groups in total. The molecular weight excluding hydrogens is 653 g/mol. The molecule has 0 fully saturated rings. The third-order valence-electron chi connectivity index (χ3n) is 11.5. The molecule has 2 heteroatoms. The van der Waals surface area contributed by atoms with Gasteiger partial charge in [-0.25, -0.2) is 0 Å². The molecular formula is C52H52N2. The topological polar surface area (TPSA) is 6.48 Å². The van der Waals surface area contributed by atoms with Crippen LogP contribution in [0.4, 0.5) is 34.1 Å². The third-order valence-corrected chi connectivity index (χ3v) is 11.5. The van der Waals surface area contributed by atoms with E-state index in [1.165, 1.54) is 66.8 Å². The Morgan fingerprint density at radius 1 is 0.259 bits per heavy atom. The van der Waals surface area contributed by atoms with Crippen molar-refractivity contribution in [1.29, 1.82) is 0 Å². The fourth-order valence-corrected chi connectivity index (χ4v) is 7.79. The van der Waals surface area contributed by atoms with Crippen molar-refractivity contribution >= 4 is 34.1 Å². The van der Waals surface area contributed by atoms with E-state index in [0.717, 1.165) is 34.1 Å². The van der Waals surface area contributed by atoms with Crippen LogP contribution >= 0.6 is 0 Å². The summed E-state index contributed by atoms with van der Waals surface area (Å²) < 4.78 is 0. The molecule has 0 aliphatic rings. The smallest absolute Gasteiger partial charge is 0.0461 e. The first-order chi connectivity index (χ1) is 26.0. The molecule has 0 amide bonds. The van der Waals surface area contributed by atoms with Crippen LogP contribution in [0.15, 0.2) is 146 Å². The van der Waals surface area contributed by atoms with Crippen molar-refractivity contribution in [3.05, 3.63) is 212 Å². The zero-order chi connectivity index (χ0) is 38.1. The average molecular weight is 705 g/mol. The highest BCUT2D eigenvalue weighted by atomic mass is 15.1. The van der Waals surface area contributed by atoms with E-state index >= 15 is 0 Å². The highest BCUT2D eigenvalue weighted by molar-refractivity contribution is 5.78. The zero-order valence-corrected chi connectivity index (χ0v) is 33.3. The van der Waals surface area contributed by atoms with E-state index in [9.17, 15) is 0 Å². The molecule has 7 aromatic carbocycles. The molecule has 2 nitrogen and oxygen atoms in total. The van der Waals surface area contributed by atoms with Crippen molar-refractivity contribution in [3.63, 3.8) is 0 Å². The summed E-state index contributed by atoms with van der Waals surface area (Å²) in [4.78, 5) is 4.71. The molecule has 0 aliphatic carbocycles. The summed E-state index contributed by atoms with van der Waals surface area (Å²) in [6.45, 7) is 20.0. The van der Waals surface area contributed by atoms with Crippen LogP contribution in [0.1, 0.15) is 72.7 Å². The second-order valence-electron chi connectivity index (χ2n) is 15.2. The molecule has 0 aromatic heterocycles. The summed E-state index contributed by atoms with van der Waals surface area (Å²) in [6.07, 6.45) is 0. The molecule has 0 unspecified atom stereocenters. The number of rotatable bonds is 9. The summed E-state index contributed by atoms with van der Waals surface area (Å²) in [5, 5.41) is 0. The Balaban J connectivity index is 1.35. The highest BCUT2D eigenvalue weighted by Gasteiger charge is 2.25. The van der Waals surface area contributed by atoms with Crippen LogP contribution in [0, 0.1) is 62.3 Å². The Morgan fingerprint density at radius 2 is 0.463 bits per heavy atom. The molecule has 0 atom stereocenters. The van der Waals surface area contributed by atoms with Gasteiger partial charge >= 0.3 is 0 Å². The molecule has 0 bridgehead atoms. The van der Waals surface area contributed by atoms with Crippen molar-refractivity contribution < 1.29 is 0 Å². The second-order valence-corrected chi connectivity index (χ2v) is 15.2. The molecule has 0 saturated heterocycles. The Labute approximate surface area is 323 Å². The lowest BCUT2D eigenvalue weighted by Crippen LogP contribution is -2.13. The molecule has 54 heavy (non-hydrogen) atoms. The normalized spacial score (nSPS) is 11.2. The van der Waals surface area contributed by atoms with Crippen molar-refractivity contribution in [1.82, 2.24) is 0 Å². The SMILES string of the molecule is Cc1ccc(N(c2ccc(C)cc2)c2ccc(C(c3ccc(N(c4ccc(C)cc4)c4ccc(C)cc4)cc3)c3c(C)c(C)c(C)c(C)c3C)cc2)cc1.